The molecule has 0 aliphatic rings. The minimum atomic E-state index is 1.15. The fraction of sp³-hybridized carbons (Fsp3) is 0. The predicted molar refractivity (Wildman–Crippen MR) is 240 cm³/mol. The SMILES string of the molecule is c1ccc(-n2c3ccccc3c3ccc(-c4cccc(-c5ccc6c7cc8c(cc7n(-c7ccccc7)c6c5)c5ccccc5n8-c5ccccc5)c4)cc32)cc1. The van der Waals surface area contributed by atoms with Crippen LogP contribution in [0.1, 0.15) is 0 Å². The minimum Gasteiger partial charge on any atom is -0.309 e. The number of benzene rings is 9. The lowest BCUT2D eigenvalue weighted by molar-refractivity contribution is 1.17. The van der Waals surface area contributed by atoms with E-state index in [2.05, 4.69) is 226 Å². The van der Waals surface area contributed by atoms with Crippen molar-refractivity contribution in [3.8, 4) is 39.3 Å². The second-order valence-electron chi connectivity index (χ2n) is 15.0. The van der Waals surface area contributed by atoms with Gasteiger partial charge in [-0.1, -0.05) is 133 Å². The van der Waals surface area contributed by atoms with E-state index in [0.717, 1.165) is 11.4 Å². The summed E-state index contributed by atoms with van der Waals surface area (Å²) in [6, 6.07) is 77.4. The molecule has 0 fully saturated rings. The van der Waals surface area contributed by atoms with E-state index >= 15 is 0 Å². The third kappa shape index (κ3) is 4.86. The summed E-state index contributed by atoms with van der Waals surface area (Å²) in [5.41, 5.74) is 15.5. The van der Waals surface area contributed by atoms with Gasteiger partial charge in [0, 0.05) is 49.4 Å². The molecule has 9 aromatic carbocycles. The van der Waals surface area contributed by atoms with Crippen LogP contribution in [-0.2, 0) is 0 Å². The summed E-state index contributed by atoms with van der Waals surface area (Å²) in [5, 5.41) is 7.50. The number of hydrogen-bond acceptors (Lipinski definition) is 0. The van der Waals surface area contributed by atoms with Crippen LogP contribution in [0.5, 0.6) is 0 Å². The van der Waals surface area contributed by atoms with Crippen molar-refractivity contribution in [2.45, 2.75) is 0 Å². The third-order valence-corrected chi connectivity index (χ3v) is 11.8. The van der Waals surface area contributed by atoms with Crippen molar-refractivity contribution >= 4 is 65.4 Å². The summed E-state index contributed by atoms with van der Waals surface area (Å²) in [7, 11) is 0. The molecular formula is C54H35N3. The van der Waals surface area contributed by atoms with Crippen molar-refractivity contribution in [2.24, 2.45) is 0 Å². The molecule has 3 heteroatoms. The Balaban J connectivity index is 1.05. The molecule has 0 N–H and O–H groups in total. The third-order valence-electron chi connectivity index (χ3n) is 11.8. The second kappa shape index (κ2) is 12.5. The zero-order valence-corrected chi connectivity index (χ0v) is 31.0. The van der Waals surface area contributed by atoms with E-state index in [0.29, 0.717) is 0 Å². The van der Waals surface area contributed by atoms with E-state index in [1.54, 1.807) is 0 Å². The Morgan fingerprint density at radius 3 is 1.00 bits per heavy atom. The quantitative estimate of drug-likeness (QED) is 0.168. The van der Waals surface area contributed by atoms with E-state index in [1.165, 1.54) is 93.4 Å². The Hall–Kier alpha value is -7.62. The summed E-state index contributed by atoms with van der Waals surface area (Å²) in [6.45, 7) is 0. The van der Waals surface area contributed by atoms with Gasteiger partial charge in [-0.25, -0.2) is 0 Å². The highest BCUT2D eigenvalue weighted by Gasteiger charge is 2.19. The first-order valence-electron chi connectivity index (χ1n) is 19.6. The highest BCUT2D eigenvalue weighted by molar-refractivity contribution is 6.19. The topological polar surface area (TPSA) is 14.8 Å². The molecule has 0 unspecified atom stereocenters. The number of nitrogens with zero attached hydrogens (tertiary/aromatic N) is 3. The van der Waals surface area contributed by atoms with Crippen molar-refractivity contribution in [1.29, 1.82) is 0 Å². The summed E-state index contributed by atoms with van der Waals surface area (Å²) < 4.78 is 7.25. The van der Waals surface area contributed by atoms with Crippen LogP contribution in [0.2, 0.25) is 0 Å². The lowest BCUT2D eigenvalue weighted by Crippen LogP contribution is -1.94. The van der Waals surface area contributed by atoms with Gasteiger partial charge in [0.1, 0.15) is 0 Å². The Morgan fingerprint density at radius 2 is 0.526 bits per heavy atom. The molecular weight excluding hydrogens is 691 g/mol. The number of fused-ring (bicyclic) bond motifs is 9. The summed E-state index contributed by atoms with van der Waals surface area (Å²) in [6.07, 6.45) is 0. The molecule has 0 saturated carbocycles. The molecule has 3 heterocycles. The molecule has 0 aliphatic carbocycles. The van der Waals surface area contributed by atoms with Gasteiger partial charge in [-0.05, 0) is 101 Å². The Morgan fingerprint density at radius 1 is 0.193 bits per heavy atom. The predicted octanol–water partition coefficient (Wildman–Crippen LogP) is 14.3. The molecule has 12 aromatic rings. The first-order valence-corrected chi connectivity index (χ1v) is 19.6. The van der Waals surface area contributed by atoms with E-state index < -0.39 is 0 Å². The van der Waals surface area contributed by atoms with Gasteiger partial charge in [0.05, 0.1) is 33.1 Å². The average molecular weight is 726 g/mol. The maximum atomic E-state index is 2.45. The van der Waals surface area contributed by atoms with Crippen LogP contribution in [-0.4, -0.2) is 13.7 Å². The standard InChI is InChI=1S/C54H35N3/c1-4-17-40(18-5-1)55-49-25-12-10-23-43(49)45-29-27-38(32-51(45)55)36-15-14-16-37(31-36)39-28-30-46-48-35-53-47(34-54(48)57(52(46)33-39)42-21-8-3-9-22-42)44-24-11-13-26-50(44)56(53)41-19-6-2-7-20-41/h1-35H. The van der Waals surface area contributed by atoms with E-state index in [4.69, 9.17) is 0 Å². The molecule has 0 saturated heterocycles. The van der Waals surface area contributed by atoms with Gasteiger partial charge >= 0.3 is 0 Å². The van der Waals surface area contributed by atoms with Crippen LogP contribution in [0.4, 0.5) is 0 Å². The zero-order valence-electron chi connectivity index (χ0n) is 31.0. The van der Waals surface area contributed by atoms with Crippen LogP contribution in [0.15, 0.2) is 212 Å². The van der Waals surface area contributed by atoms with Crippen molar-refractivity contribution in [2.75, 3.05) is 0 Å². The fourth-order valence-electron chi connectivity index (χ4n) is 9.25. The Labute approximate surface area is 329 Å². The Kier molecular flexibility index (Phi) is 6.93. The van der Waals surface area contributed by atoms with Crippen LogP contribution in [0.25, 0.3) is 105 Å². The first-order chi connectivity index (χ1) is 28.3. The molecule has 0 atom stereocenters. The highest BCUT2D eigenvalue weighted by Crippen LogP contribution is 2.41. The van der Waals surface area contributed by atoms with Gasteiger partial charge in [0.15, 0.2) is 0 Å². The summed E-state index contributed by atoms with van der Waals surface area (Å²) >= 11 is 0. The van der Waals surface area contributed by atoms with Crippen molar-refractivity contribution in [3.05, 3.63) is 212 Å². The van der Waals surface area contributed by atoms with E-state index in [-0.39, 0.29) is 0 Å². The van der Waals surface area contributed by atoms with Gasteiger partial charge in [-0.15, -0.1) is 0 Å². The minimum absolute atomic E-state index is 1.15. The molecule has 0 bridgehead atoms. The van der Waals surface area contributed by atoms with Crippen LogP contribution in [0.3, 0.4) is 0 Å². The number of rotatable bonds is 5. The summed E-state index contributed by atoms with van der Waals surface area (Å²) in [5.74, 6) is 0. The maximum Gasteiger partial charge on any atom is 0.0548 e. The molecule has 3 aromatic heterocycles. The van der Waals surface area contributed by atoms with Crippen molar-refractivity contribution in [1.82, 2.24) is 13.7 Å². The van der Waals surface area contributed by atoms with E-state index in [9.17, 15) is 0 Å². The largest absolute Gasteiger partial charge is 0.309 e. The van der Waals surface area contributed by atoms with Gasteiger partial charge in [-0.3, -0.25) is 0 Å². The smallest absolute Gasteiger partial charge is 0.0548 e. The molecule has 0 amide bonds. The number of aromatic nitrogens is 3. The number of hydrogen-bond donors (Lipinski definition) is 0. The highest BCUT2D eigenvalue weighted by atomic mass is 15.0. The monoisotopic (exact) mass is 725 g/mol. The fourth-order valence-corrected chi connectivity index (χ4v) is 9.25. The molecule has 0 radical (unpaired) electrons. The molecule has 57 heavy (non-hydrogen) atoms. The van der Waals surface area contributed by atoms with Crippen molar-refractivity contribution in [3.63, 3.8) is 0 Å². The maximum absolute atomic E-state index is 2.45. The Bertz CT molecular complexity index is 3500. The van der Waals surface area contributed by atoms with Crippen LogP contribution >= 0.6 is 0 Å². The number of para-hydroxylation sites is 5. The molecule has 3 nitrogen and oxygen atoms in total. The lowest BCUT2D eigenvalue weighted by Gasteiger charge is -2.11. The van der Waals surface area contributed by atoms with Crippen LogP contribution < -0.4 is 0 Å². The van der Waals surface area contributed by atoms with Gasteiger partial charge in [0.25, 0.3) is 0 Å². The van der Waals surface area contributed by atoms with E-state index in [1.807, 2.05) is 0 Å². The van der Waals surface area contributed by atoms with Crippen LogP contribution in [0, 0.1) is 0 Å². The van der Waals surface area contributed by atoms with Gasteiger partial charge in [0.2, 0.25) is 0 Å². The van der Waals surface area contributed by atoms with Gasteiger partial charge in [-0.2, -0.15) is 0 Å². The summed E-state index contributed by atoms with van der Waals surface area (Å²) in [4.78, 5) is 0. The zero-order chi connectivity index (χ0) is 37.5. The van der Waals surface area contributed by atoms with Gasteiger partial charge < -0.3 is 13.7 Å². The molecule has 0 spiro atoms. The molecule has 266 valence electrons. The molecule has 12 rings (SSSR count). The normalized spacial score (nSPS) is 11.9. The lowest BCUT2D eigenvalue weighted by atomic mass is 9.97. The first kappa shape index (κ1) is 31.7. The second-order valence-corrected chi connectivity index (χ2v) is 15.0. The average Bonchev–Trinajstić information content (AvgIpc) is 3.91. The molecule has 0 aliphatic heterocycles. The van der Waals surface area contributed by atoms with Crippen molar-refractivity contribution < 1.29 is 0 Å².